The van der Waals surface area contributed by atoms with E-state index >= 15 is 0 Å². The average Bonchev–Trinajstić information content (AvgIpc) is 2.82. The van der Waals surface area contributed by atoms with E-state index in [1.54, 1.807) is 5.38 Å². The Morgan fingerprint density at radius 2 is 1.84 bits per heavy atom. The third kappa shape index (κ3) is 2.74. The second kappa shape index (κ2) is 5.23. The first-order valence-electron chi connectivity index (χ1n) is 6.23. The van der Waals surface area contributed by atoms with Crippen LogP contribution in [0, 0.1) is 20.8 Å². The van der Waals surface area contributed by atoms with E-state index in [0.29, 0.717) is 5.69 Å². The fourth-order valence-electron chi connectivity index (χ4n) is 1.94. The van der Waals surface area contributed by atoms with Gasteiger partial charge >= 0.3 is 0 Å². The van der Waals surface area contributed by atoms with Gasteiger partial charge in [-0.1, -0.05) is 6.07 Å². The van der Waals surface area contributed by atoms with E-state index in [1.165, 1.54) is 16.9 Å². The van der Waals surface area contributed by atoms with Crippen LogP contribution in [-0.4, -0.2) is 10.8 Å². The maximum Gasteiger partial charge on any atom is 0.212 e. The maximum absolute atomic E-state index is 12.5. The molecule has 0 amide bonds. The van der Waals surface area contributed by atoms with Gasteiger partial charge in [0.1, 0.15) is 10.7 Å². The molecule has 100 valence electrons. The van der Waals surface area contributed by atoms with Crippen LogP contribution < -0.4 is 5.73 Å². The molecule has 2 rings (SSSR count). The monoisotopic (exact) mass is 274 g/mol. The van der Waals surface area contributed by atoms with Gasteiger partial charge in [-0.05, 0) is 50.5 Å². The fraction of sp³-hybridized carbons (Fsp3) is 0.333. The molecular weight excluding hydrogens is 256 g/mol. The van der Waals surface area contributed by atoms with Crippen LogP contribution in [0.1, 0.15) is 50.7 Å². The molecular formula is C15H18N2OS. The van der Waals surface area contributed by atoms with E-state index in [1.807, 2.05) is 39.8 Å². The van der Waals surface area contributed by atoms with Crippen molar-refractivity contribution in [2.45, 2.75) is 33.7 Å². The lowest BCUT2D eigenvalue weighted by molar-refractivity contribution is 0.103. The van der Waals surface area contributed by atoms with E-state index < -0.39 is 0 Å². The molecule has 0 saturated heterocycles. The summed E-state index contributed by atoms with van der Waals surface area (Å²) >= 11 is 1.44. The van der Waals surface area contributed by atoms with Gasteiger partial charge in [0, 0.05) is 10.9 Å². The number of carbonyl (C=O) groups is 1. The highest BCUT2D eigenvalue weighted by Crippen LogP contribution is 2.21. The SMILES string of the molecule is Cc1cc(C)c(C(=O)c2csc(C(C)N)n2)cc1C. The Morgan fingerprint density at radius 3 is 2.42 bits per heavy atom. The molecule has 0 radical (unpaired) electrons. The van der Waals surface area contributed by atoms with Crippen molar-refractivity contribution in [2.75, 3.05) is 0 Å². The molecule has 1 aromatic carbocycles. The summed E-state index contributed by atoms with van der Waals surface area (Å²) in [4.78, 5) is 16.8. The Kier molecular flexibility index (Phi) is 3.83. The van der Waals surface area contributed by atoms with E-state index in [0.717, 1.165) is 21.7 Å². The van der Waals surface area contributed by atoms with Gasteiger partial charge in [-0.15, -0.1) is 11.3 Å². The number of hydrogen-bond donors (Lipinski definition) is 1. The number of benzene rings is 1. The Balaban J connectivity index is 2.41. The lowest BCUT2D eigenvalue weighted by Crippen LogP contribution is -2.08. The quantitative estimate of drug-likeness (QED) is 0.873. The molecule has 0 aliphatic carbocycles. The van der Waals surface area contributed by atoms with Crippen LogP contribution >= 0.6 is 11.3 Å². The summed E-state index contributed by atoms with van der Waals surface area (Å²) in [5.41, 5.74) is 10.3. The number of nitrogens with zero attached hydrogens (tertiary/aromatic N) is 1. The summed E-state index contributed by atoms with van der Waals surface area (Å²) < 4.78 is 0. The molecule has 1 heterocycles. The van der Waals surface area contributed by atoms with Gasteiger partial charge in [0.25, 0.3) is 0 Å². The Hall–Kier alpha value is -1.52. The van der Waals surface area contributed by atoms with E-state index in [-0.39, 0.29) is 11.8 Å². The number of thiazole rings is 1. The molecule has 0 spiro atoms. The topological polar surface area (TPSA) is 56.0 Å². The zero-order valence-corrected chi connectivity index (χ0v) is 12.5. The number of aryl methyl sites for hydroxylation is 3. The molecule has 19 heavy (non-hydrogen) atoms. The highest BCUT2D eigenvalue weighted by molar-refractivity contribution is 7.09. The summed E-state index contributed by atoms with van der Waals surface area (Å²) in [6.07, 6.45) is 0. The summed E-state index contributed by atoms with van der Waals surface area (Å²) in [6.45, 7) is 7.89. The van der Waals surface area contributed by atoms with E-state index in [9.17, 15) is 4.79 Å². The van der Waals surface area contributed by atoms with Gasteiger partial charge in [-0.3, -0.25) is 4.79 Å². The summed E-state index contributed by atoms with van der Waals surface area (Å²) in [5.74, 6) is -0.0243. The van der Waals surface area contributed by atoms with Gasteiger partial charge in [0.05, 0.1) is 6.04 Å². The Morgan fingerprint density at radius 1 is 1.21 bits per heavy atom. The number of ketones is 1. The smallest absolute Gasteiger partial charge is 0.212 e. The molecule has 0 saturated carbocycles. The van der Waals surface area contributed by atoms with Crippen molar-refractivity contribution in [3.8, 4) is 0 Å². The second-order valence-corrected chi connectivity index (χ2v) is 5.83. The molecule has 2 aromatic rings. The summed E-state index contributed by atoms with van der Waals surface area (Å²) in [7, 11) is 0. The molecule has 2 N–H and O–H groups in total. The van der Waals surface area contributed by atoms with E-state index in [2.05, 4.69) is 4.98 Å². The molecule has 0 aliphatic rings. The standard InChI is InChI=1S/C15H18N2OS/c1-8-5-10(3)12(6-9(8)2)14(18)13-7-19-15(17-13)11(4)16/h5-7,11H,16H2,1-4H3. The minimum absolute atomic E-state index is 0.0243. The zero-order chi connectivity index (χ0) is 14.2. The van der Waals surface area contributed by atoms with Crippen LogP contribution in [0.15, 0.2) is 17.5 Å². The van der Waals surface area contributed by atoms with Crippen molar-refractivity contribution in [1.82, 2.24) is 4.98 Å². The normalized spacial score (nSPS) is 12.5. The van der Waals surface area contributed by atoms with Gasteiger partial charge < -0.3 is 5.73 Å². The van der Waals surface area contributed by atoms with Crippen LogP contribution in [0.2, 0.25) is 0 Å². The minimum atomic E-state index is -0.132. The maximum atomic E-state index is 12.5. The number of carbonyl (C=O) groups excluding carboxylic acids is 1. The molecule has 4 heteroatoms. The van der Waals surface area contributed by atoms with Crippen molar-refractivity contribution in [3.05, 3.63) is 50.5 Å². The van der Waals surface area contributed by atoms with E-state index in [4.69, 9.17) is 5.73 Å². The van der Waals surface area contributed by atoms with Crippen molar-refractivity contribution in [1.29, 1.82) is 0 Å². The molecule has 0 fully saturated rings. The molecule has 1 aromatic heterocycles. The number of nitrogens with two attached hydrogens (primary N) is 1. The highest BCUT2D eigenvalue weighted by Gasteiger charge is 2.17. The van der Waals surface area contributed by atoms with Crippen LogP contribution in [0.5, 0.6) is 0 Å². The average molecular weight is 274 g/mol. The first-order chi connectivity index (χ1) is 8.90. The largest absolute Gasteiger partial charge is 0.322 e. The van der Waals surface area contributed by atoms with Gasteiger partial charge in [0.2, 0.25) is 5.78 Å². The van der Waals surface area contributed by atoms with Crippen molar-refractivity contribution in [3.63, 3.8) is 0 Å². The van der Waals surface area contributed by atoms with Crippen LogP contribution in [0.3, 0.4) is 0 Å². The van der Waals surface area contributed by atoms with Crippen LogP contribution in [0.4, 0.5) is 0 Å². The fourth-order valence-corrected chi connectivity index (χ4v) is 2.70. The summed E-state index contributed by atoms with van der Waals surface area (Å²) in [5, 5.41) is 2.58. The van der Waals surface area contributed by atoms with Gasteiger partial charge in [-0.25, -0.2) is 4.98 Å². The van der Waals surface area contributed by atoms with Crippen LogP contribution in [0.25, 0.3) is 0 Å². The third-order valence-corrected chi connectivity index (χ3v) is 4.28. The minimum Gasteiger partial charge on any atom is -0.322 e. The Labute approximate surface area is 117 Å². The van der Waals surface area contributed by atoms with Crippen LogP contribution in [-0.2, 0) is 0 Å². The summed E-state index contributed by atoms with van der Waals surface area (Å²) in [6, 6.07) is 3.85. The molecule has 0 aliphatic heterocycles. The number of aromatic nitrogens is 1. The van der Waals surface area contributed by atoms with Crippen molar-refractivity contribution < 1.29 is 4.79 Å². The Bertz CT molecular complexity index is 629. The predicted octanol–water partition coefficient (Wildman–Crippen LogP) is 3.32. The molecule has 3 nitrogen and oxygen atoms in total. The predicted molar refractivity (Wildman–Crippen MR) is 78.8 cm³/mol. The van der Waals surface area contributed by atoms with Crippen molar-refractivity contribution in [2.24, 2.45) is 5.73 Å². The van der Waals surface area contributed by atoms with Crippen molar-refractivity contribution >= 4 is 17.1 Å². The number of rotatable bonds is 3. The first kappa shape index (κ1) is 13.9. The zero-order valence-electron chi connectivity index (χ0n) is 11.7. The lowest BCUT2D eigenvalue weighted by atomic mass is 9.97. The number of hydrogen-bond acceptors (Lipinski definition) is 4. The van der Waals surface area contributed by atoms with Gasteiger partial charge in [0.15, 0.2) is 0 Å². The molecule has 1 atom stereocenters. The first-order valence-corrected chi connectivity index (χ1v) is 7.11. The highest BCUT2D eigenvalue weighted by atomic mass is 32.1. The third-order valence-electron chi connectivity index (χ3n) is 3.23. The molecule has 0 bridgehead atoms. The van der Waals surface area contributed by atoms with Gasteiger partial charge in [-0.2, -0.15) is 0 Å². The second-order valence-electron chi connectivity index (χ2n) is 4.94. The lowest BCUT2D eigenvalue weighted by Gasteiger charge is -2.07. The molecule has 1 unspecified atom stereocenters.